The fraction of sp³-hybridized carbons (Fsp3) is 0.278. The quantitative estimate of drug-likeness (QED) is 0.175. The van der Waals surface area contributed by atoms with Gasteiger partial charge in [-0.15, -0.1) is 0 Å². The summed E-state index contributed by atoms with van der Waals surface area (Å²) in [6, 6.07) is 26.2. The summed E-state index contributed by atoms with van der Waals surface area (Å²) in [6.07, 6.45) is 0.201. The van der Waals surface area contributed by atoms with E-state index in [-0.39, 0.29) is 41.2 Å². The molecule has 9 nitrogen and oxygen atoms in total. The van der Waals surface area contributed by atoms with Crippen molar-refractivity contribution in [3.63, 3.8) is 0 Å². The maximum atomic E-state index is 14.6. The molecule has 47 heavy (non-hydrogen) atoms. The number of carbonyl (C=O) groups excluding carboxylic acids is 2. The third-order valence-electron chi connectivity index (χ3n) is 7.49. The van der Waals surface area contributed by atoms with Crippen molar-refractivity contribution < 1.29 is 27.5 Å². The predicted molar refractivity (Wildman–Crippen MR) is 184 cm³/mol. The van der Waals surface area contributed by atoms with Gasteiger partial charge in [0.05, 0.1) is 24.8 Å². The van der Waals surface area contributed by atoms with Crippen molar-refractivity contribution in [1.29, 1.82) is 0 Å². The van der Waals surface area contributed by atoms with Gasteiger partial charge in [-0.1, -0.05) is 71.8 Å². The van der Waals surface area contributed by atoms with Crippen molar-refractivity contribution >= 4 is 39.1 Å². The number of rotatable bonds is 14. The maximum Gasteiger partial charge on any atom is 0.264 e. The van der Waals surface area contributed by atoms with Crippen LogP contribution in [0.4, 0.5) is 5.69 Å². The van der Waals surface area contributed by atoms with E-state index in [9.17, 15) is 18.0 Å². The van der Waals surface area contributed by atoms with Crippen LogP contribution in [0.25, 0.3) is 0 Å². The Hall–Kier alpha value is -4.54. The minimum absolute atomic E-state index is 0.00506. The second-order valence-corrected chi connectivity index (χ2v) is 13.7. The third kappa shape index (κ3) is 9.05. The maximum absolute atomic E-state index is 14.6. The number of methoxy groups -OCH3 is 2. The highest BCUT2D eigenvalue weighted by Crippen LogP contribution is 2.34. The van der Waals surface area contributed by atoms with E-state index >= 15 is 0 Å². The molecule has 0 heterocycles. The number of nitrogens with zero attached hydrogens (tertiary/aromatic N) is 2. The summed E-state index contributed by atoms with van der Waals surface area (Å²) in [5.41, 5.74) is 2.58. The number of sulfonamides is 1. The molecule has 1 N–H and O–H groups in total. The number of aryl methyl sites for hydroxylation is 1. The van der Waals surface area contributed by atoms with E-state index in [4.69, 9.17) is 21.1 Å². The van der Waals surface area contributed by atoms with Gasteiger partial charge in [0.2, 0.25) is 11.8 Å². The number of nitrogens with one attached hydrogen (secondary N) is 1. The zero-order valence-corrected chi connectivity index (χ0v) is 28.7. The van der Waals surface area contributed by atoms with E-state index in [2.05, 4.69) is 5.32 Å². The predicted octanol–water partition coefficient (Wildman–Crippen LogP) is 6.03. The van der Waals surface area contributed by atoms with Crippen molar-refractivity contribution in [2.45, 2.75) is 50.7 Å². The lowest BCUT2D eigenvalue weighted by Gasteiger charge is -2.34. The molecule has 0 spiro atoms. The van der Waals surface area contributed by atoms with Gasteiger partial charge in [-0.2, -0.15) is 0 Å². The number of benzene rings is 4. The molecule has 248 valence electrons. The molecule has 0 radical (unpaired) electrons. The summed E-state index contributed by atoms with van der Waals surface area (Å²) >= 11 is 6.31. The molecule has 0 aromatic heterocycles. The molecule has 11 heteroatoms. The lowest BCUT2D eigenvalue weighted by atomic mass is 10.0. The van der Waals surface area contributed by atoms with Gasteiger partial charge in [-0.05, 0) is 68.3 Å². The van der Waals surface area contributed by atoms with Crippen molar-refractivity contribution in [2.75, 3.05) is 25.1 Å². The van der Waals surface area contributed by atoms with Crippen molar-refractivity contribution in [1.82, 2.24) is 10.2 Å². The second kappa shape index (κ2) is 15.8. The van der Waals surface area contributed by atoms with Crippen LogP contribution in [0.2, 0.25) is 5.02 Å². The van der Waals surface area contributed by atoms with Crippen molar-refractivity contribution in [3.05, 3.63) is 119 Å². The average molecular weight is 678 g/mol. The minimum atomic E-state index is -4.28. The molecule has 0 saturated carbocycles. The normalized spacial score (nSPS) is 11.9. The first-order chi connectivity index (χ1) is 22.4. The molecule has 0 saturated heterocycles. The average Bonchev–Trinajstić information content (AvgIpc) is 3.05. The molecule has 4 aromatic carbocycles. The van der Waals surface area contributed by atoms with Crippen molar-refractivity contribution in [3.8, 4) is 11.5 Å². The van der Waals surface area contributed by atoms with Crippen LogP contribution >= 0.6 is 11.6 Å². The summed E-state index contributed by atoms with van der Waals surface area (Å²) in [5, 5.41) is 3.42. The van der Waals surface area contributed by atoms with Crippen LogP contribution in [0.15, 0.2) is 102 Å². The van der Waals surface area contributed by atoms with E-state index < -0.39 is 28.5 Å². The van der Waals surface area contributed by atoms with Crippen LogP contribution < -0.4 is 19.1 Å². The molecule has 0 aliphatic rings. The van der Waals surface area contributed by atoms with Gasteiger partial charge < -0.3 is 19.7 Å². The number of carbonyl (C=O) groups is 2. The van der Waals surface area contributed by atoms with E-state index in [1.54, 1.807) is 48.5 Å². The largest absolute Gasteiger partial charge is 0.493 e. The summed E-state index contributed by atoms with van der Waals surface area (Å²) in [6.45, 7) is 4.94. The smallest absolute Gasteiger partial charge is 0.264 e. The highest BCUT2D eigenvalue weighted by molar-refractivity contribution is 7.92. The molecule has 0 fully saturated rings. The van der Waals surface area contributed by atoms with Gasteiger partial charge in [-0.3, -0.25) is 13.9 Å². The van der Waals surface area contributed by atoms with E-state index in [0.29, 0.717) is 16.3 Å². The van der Waals surface area contributed by atoms with E-state index in [0.717, 1.165) is 15.4 Å². The number of halogens is 1. The molecule has 4 rings (SSSR count). The highest BCUT2D eigenvalue weighted by Gasteiger charge is 2.35. The first-order valence-corrected chi connectivity index (χ1v) is 16.9. The molecule has 1 atom stereocenters. The lowest BCUT2D eigenvalue weighted by Crippen LogP contribution is -2.54. The van der Waals surface area contributed by atoms with Gasteiger partial charge in [0.25, 0.3) is 10.0 Å². The zero-order chi connectivity index (χ0) is 34.1. The number of amides is 2. The Morgan fingerprint density at radius 1 is 0.830 bits per heavy atom. The summed E-state index contributed by atoms with van der Waals surface area (Å²) in [5.74, 6) is -0.268. The third-order valence-corrected chi connectivity index (χ3v) is 9.51. The fourth-order valence-electron chi connectivity index (χ4n) is 5.11. The van der Waals surface area contributed by atoms with Gasteiger partial charge >= 0.3 is 0 Å². The standard InChI is InChI=1S/C36H40ClN3O6S/c1-25(2)38-36(42)32(21-27-10-7-6-8-11-27)39(23-28-12-9-13-29(37)20-28)35(41)24-40(30-16-19-33(45-4)34(22-30)46-5)47(43,44)31-17-14-26(3)15-18-31/h6-20,22,25,32H,21,23-24H2,1-5H3,(H,38,42). The molecule has 4 aromatic rings. The first kappa shape index (κ1) is 35.3. The molecule has 0 bridgehead atoms. The van der Waals surface area contributed by atoms with Crippen molar-refractivity contribution in [2.24, 2.45) is 0 Å². The Labute approximate surface area is 282 Å². The van der Waals surface area contributed by atoms with Crippen LogP contribution in [0.5, 0.6) is 11.5 Å². The molecular weight excluding hydrogens is 638 g/mol. The zero-order valence-electron chi connectivity index (χ0n) is 27.1. The molecule has 2 amide bonds. The van der Waals surface area contributed by atoms with Crippen LogP contribution in [0, 0.1) is 6.92 Å². The second-order valence-electron chi connectivity index (χ2n) is 11.4. The number of anilines is 1. The number of ether oxygens (including phenoxy) is 2. The summed E-state index contributed by atoms with van der Waals surface area (Å²) in [7, 11) is -1.36. The topological polar surface area (TPSA) is 105 Å². The highest BCUT2D eigenvalue weighted by atomic mass is 35.5. The van der Waals surface area contributed by atoms with Crippen LogP contribution in [-0.4, -0.2) is 58.0 Å². The molecule has 0 aliphatic heterocycles. The molecule has 1 unspecified atom stereocenters. The summed E-state index contributed by atoms with van der Waals surface area (Å²) in [4.78, 5) is 29.9. The lowest BCUT2D eigenvalue weighted by molar-refractivity contribution is -0.140. The Balaban J connectivity index is 1.85. The Kier molecular flexibility index (Phi) is 11.9. The Bertz CT molecular complexity index is 1780. The summed E-state index contributed by atoms with van der Waals surface area (Å²) < 4.78 is 40.4. The van der Waals surface area contributed by atoms with Crippen LogP contribution in [0.3, 0.4) is 0 Å². The minimum Gasteiger partial charge on any atom is -0.493 e. The van der Waals surface area contributed by atoms with E-state index in [1.165, 1.54) is 37.3 Å². The van der Waals surface area contributed by atoms with E-state index in [1.807, 2.05) is 51.1 Å². The number of hydrogen-bond acceptors (Lipinski definition) is 6. The van der Waals surface area contributed by atoms with Crippen LogP contribution in [0.1, 0.15) is 30.5 Å². The fourth-order valence-corrected chi connectivity index (χ4v) is 6.73. The first-order valence-electron chi connectivity index (χ1n) is 15.1. The molecule has 0 aliphatic carbocycles. The SMILES string of the molecule is COc1ccc(N(CC(=O)N(Cc2cccc(Cl)c2)C(Cc2ccccc2)C(=O)NC(C)C)S(=O)(=O)c2ccc(C)cc2)cc1OC. The van der Waals surface area contributed by atoms with Crippen LogP contribution in [-0.2, 0) is 32.6 Å². The van der Waals surface area contributed by atoms with Gasteiger partial charge in [0.15, 0.2) is 11.5 Å². The molecular formula is C36H40ClN3O6S. The van der Waals surface area contributed by atoms with Gasteiger partial charge in [0.1, 0.15) is 12.6 Å². The Morgan fingerprint density at radius 3 is 2.11 bits per heavy atom. The number of hydrogen-bond donors (Lipinski definition) is 1. The monoisotopic (exact) mass is 677 g/mol. The van der Waals surface area contributed by atoms with Gasteiger partial charge in [0, 0.05) is 30.1 Å². The van der Waals surface area contributed by atoms with Gasteiger partial charge in [-0.25, -0.2) is 8.42 Å². The Morgan fingerprint density at radius 2 is 1.49 bits per heavy atom.